The molecule has 0 aliphatic rings. The number of carbonyl (C=O) groups is 3. The van der Waals surface area contributed by atoms with Gasteiger partial charge in [-0.3, -0.25) is 14.4 Å². The molecule has 1 unspecified atom stereocenters. The van der Waals surface area contributed by atoms with Crippen molar-refractivity contribution in [3.05, 3.63) is 134 Å². The Hall–Kier alpha value is -4.45. The fourth-order valence-corrected chi connectivity index (χ4v) is 9.50. The second-order valence-corrected chi connectivity index (χ2v) is 22.7. The molecule has 0 aromatic carbocycles. The molecule has 0 aliphatic carbocycles. The molecule has 0 radical (unpaired) electrons. The van der Waals surface area contributed by atoms with E-state index in [0.29, 0.717) is 19.3 Å². The highest BCUT2D eigenvalue weighted by Gasteiger charge is 2.19. The Morgan fingerprint density at radius 1 is 0.253 bits per heavy atom. The average molecular weight is 1150 g/mol. The van der Waals surface area contributed by atoms with Gasteiger partial charge in [0.25, 0.3) is 0 Å². The summed E-state index contributed by atoms with van der Waals surface area (Å²) in [6, 6.07) is 0. The number of unbranched alkanes of at least 4 members (excludes halogenated alkanes) is 29. The molecule has 0 heterocycles. The molecule has 0 aliphatic heterocycles. The highest BCUT2D eigenvalue weighted by molar-refractivity contribution is 5.71. The molecule has 0 N–H and O–H groups in total. The van der Waals surface area contributed by atoms with E-state index in [1.54, 1.807) is 0 Å². The molecule has 0 aromatic heterocycles. The second kappa shape index (κ2) is 70.0. The predicted molar refractivity (Wildman–Crippen MR) is 362 cm³/mol. The first-order valence-corrected chi connectivity index (χ1v) is 34.7. The van der Waals surface area contributed by atoms with Gasteiger partial charge in [0.15, 0.2) is 6.10 Å². The van der Waals surface area contributed by atoms with Gasteiger partial charge in [-0.15, -0.1) is 0 Å². The Morgan fingerprint density at radius 2 is 0.482 bits per heavy atom. The zero-order chi connectivity index (χ0) is 59.9. The predicted octanol–water partition coefficient (Wildman–Crippen LogP) is 24.1. The number of hydrogen-bond donors (Lipinski definition) is 0. The SMILES string of the molecule is CC/C=C\C/C=C\C/C=C\C/C=C\C/C=C\CCCC(=O)OC(COC(=O)CCCCCCCCC/C=C\C/C=C\CCCCC)COC(=O)CCCCCCCCCCCCCCCCCCCC/C=C\C/C=C\C/C=C\C/C=C\CC. The van der Waals surface area contributed by atoms with Crippen LogP contribution >= 0.6 is 0 Å². The summed E-state index contributed by atoms with van der Waals surface area (Å²) < 4.78 is 16.9. The lowest BCUT2D eigenvalue weighted by Gasteiger charge is -2.18. The van der Waals surface area contributed by atoms with Gasteiger partial charge in [0, 0.05) is 19.3 Å². The summed E-state index contributed by atoms with van der Waals surface area (Å²) in [5, 5.41) is 0. The molecule has 0 bridgehead atoms. The van der Waals surface area contributed by atoms with Crippen molar-refractivity contribution in [2.24, 2.45) is 0 Å². The molecule has 0 saturated carbocycles. The van der Waals surface area contributed by atoms with Crippen LogP contribution in [-0.4, -0.2) is 37.2 Å². The van der Waals surface area contributed by atoms with Crippen molar-refractivity contribution in [1.29, 1.82) is 0 Å². The van der Waals surface area contributed by atoms with Crippen LogP contribution in [0, 0.1) is 0 Å². The molecule has 0 spiro atoms. The minimum atomic E-state index is -0.815. The summed E-state index contributed by atoms with van der Waals surface area (Å²) in [7, 11) is 0. The first-order valence-electron chi connectivity index (χ1n) is 34.7. The minimum Gasteiger partial charge on any atom is -0.462 e. The van der Waals surface area contributed by atoms with Gasteiger partial charge < -0.3 is 14.2 Å². The molecular formula is C77H128O6. The van der Waals surface area contributed by atoms with Crippen molar-refractivity contribution < 1.29 is 28.6 Å². The summed E-state index contributed by atoms with van der Waals surface area (Å²) in [4.78, 5) is 38.4. The number of hydrogen-bond acceptors (Lipinski definition) is 6. The van der Waals surface area contributed by atoms with E-state index in [9.17, 15) is 14.4 Å². The first-order chi connectivity index (χ1) is 41.0. The Balaban J connectivity index is 4.31. The van der Waals surface area contributed by atoms with E-state index in [2.05, 4.69) is 154 Å². The maximum atomic E-state index is 12.9. The average Bonchev–Trinajstić information content (AvgIpc) is 3.50. The molecule has 83 heavy (non-hydrogen) atoms. The molecule has 0 fully saturated rings. The van der Waals surface area contributed by atoms with Crippen molar-refractivity contribution in [2.75, 3.05) is 13.2 Å². The Morgan fingerprint density at radius 3 is 0.771 bits per heavy atom. The van der Waals surface area contributed by atoms with E-state index in [0.717, 1.165) is 116 Å². The Labute approximate surface area is 513 Å². The second-order valence-electron chi connectivity index (χ2n) is 22.7. The number of carbonyl (C=O) groups excluding carboxylic acids is 3. The van der Waals surface area contributed by atoms with Gasteiger partial charge >= 0.3 is 17.9 Å². The van der Waals surface area contributed by atoms with E-state index < -0.39 is 6.10 Å². The van der Waals surface area contributed by atoms with Crippen LogP contribution in [0.1, 0.15) is 316 Å². The van der Waals surface area contributed by atoms with Crippen molar-refractivity contribution in [1.82, 2.24) is 0 Å². The lowest BCUT2D eigenvalue weighted by atomic mass is 10.0. The van der Waals surface area contributed by atoms with Crippen LogP contribution in [-0.2, 0) is 28.6 Å². The molecule has 0 aromatic rings. The van der Waals surface area contributed by atoms with E-state index in [4.69, 9.17) is 14.2 Å². The number of allylic oxidation sites excluding steroid dienone is 22. The van der Waals surface area contributed by atoms with Crippen LogP contribution in [0.3, 0.4) is 0 Å². The monoisotopic (exact) mass is 1150 g/mol. The normalized spacial score (nSPS) is 13.0. The number of rotatable bonds is 62. The molecule has 0 amide bonds. The van der Waals surface area contributed by atoms with E-state index in [1.807, 2.05) is 0 Å². The third kappa shape index (κ3) is 68.2. The van der Waals surface area contributed by atoms with Crippen LogP contribution < -0.4 is 0 Å². The smallest absolute Gasteiger partial charge is 0.306 e. The number of ether oxygens (including phenoxy) is 3. The van der Waals surface area contributed by atoms with Crippen LogP contribution in [0.15, 0.2) is 134 Å². The molecule has 6 nitrogen and oxygen atoms in total. The summed E-state index contributed by atoms with van der Waals surface area (Å²) in [5.41, 5.74) is 0. The molecular weight excluding hydrogens is 1020 g/mol. The molecule has 472 valence electrons. The summed E-state index contributed by atoms with van der Waals surface area (Å²) in [5.74, 6) is -0.962. The highest BCUT2D eigenvalue weighted by Crippen LogP contribution is 2.17. The van der Waals surface area contributed by atoms with Crippen molar-refractivity contribution >= 4 is 17.9 Å². The van der Waals surface area contributed by atoms with Gasteiger partial charge in [0.2, 0.25) is 0 Å². The minimum absolute atomic E-state index is 0.104. The lowest BCUT2D eigenvalue weighted by Crippen LogP contribution is -2.30. The standard InChI is InChI=1S/C77H128O6/c1-4-7-10-13-16-19-22-25-28-31-32-33-34-35-36-37-38-39-40-41-42-43-44-47-49-52-55-58-61-64-67-70-76(79)82-73-74(83-77(80)71-68-65-62-59-56-53-50-46-30-27-24-21-18-15-12-9-6-3)72-81-75(78)69-66-63-60-57-54-51-48-45-29-26-23-20-17-14-11-8-5-2/h7,9-10,12,16-21,25-30,32-33,50,53,59,62,74H,4-6,8,11,13-15,22-24,31,34-49,51-52,54-58,60-61,63-73H2,1-3H3/b10-7-,12-9-,19-16-,20-17-,21-18-,28-25-,29-26-,30-27-,33-32-,53-50-,62-59-. The van der Waals surface area contributed by atoms with E-state index in [-0.39, 0.29) is 37.5 Å². The molecule has 0 saturated heterocycles. The van der Waals surface area contributed by atoms with Crippen LogP contribution in [0.25, 0.3) is 0 Å². The highest BCUT2D eigenvalue weighted by atomic mass is 16.6. The largest absolute Gasteiger partial charge is 0.462 e. The first kappa shape index (κ1) is 78.5. The van der Waals surface area contributed by atoms with Crippen LogP contribution in [0.5, 0.6) is 0 Å². The van der Waals surface area contributed by atoms with E-state index >= 15 is 0 Å². The maximum absolute atomic E-state index is 12.9. The van der Waals surface area contributed by atoms with Gasteiger partial charge in [-0.05, 0) is 128 Å². The molecule has 0 rings (SSSR count). The zero-order valence-electron chi connectivity index (χ0n) is 54.2. The van der Waals surface area contributed by atoms with Crippen LogP contribution in [0.2, 0.25) is 0 Å². The van der Waals surface area contributed by atoms with Gasteiger partial charge in [-0.25, -0.2) is 0 Å². The molecule has 1 atom stereocenters. The van der Waals surface area contributed by atoms with Crippen LogP contribution in [0.4, 0.5) is 0 Å². The fourth-order valence-electron chi connectivity index (χ4n) is 9.50. The Bertz CT molecular complexity index is 1750. The fraction of sp³-hybridized carbons (Fsp3) is 0.675. The van der Waals surface area contributed by atoms with Crippen molar-refractivity contribution in [3.63, 3.8) is 0 Å². The van der Waals surface area contributed by atoms with Gasteiger partial charge in [0.1, 0.15) is 13.2 Å². The lowest BCUT2D eigenvalue weighted by molar-refractivity contribution is -0.167. The van der Waals surface area contributed by atoms with Gasteiger partial charge in [0.05, 0.1) is 0 Å². The molecule has 6 heteroatoms. The maximum Gasteiger partial charge on any atom is 0.306 e. The summed E-state index contributed by atoms with van der Waals surface area (Å²) >= 11 is 0. The Kier molecular flexibility index (Phi) is 66.3. The zero-order valence-corrected chi connectivity index (χ0v) is 54.2. The van der Waals surface area contributed by atoms with Crippen molar-refractivity contribution in [3.8, 4) is 0 Å². The van der Waals surface area contributed by atoms with Gasteiger partial charge in [-0.2, -0.15) is 0 Å². The quantitative estimate of drug-likeness (QED) is 0.0261. The summed E-state index contributed by atoms with van der Waals surface area (Å²) in [6.07, 6.45) is 99.1. The van der Waals surface area contributed by atoms with Crippen molar-refractivity contribution in [2.45, 2.75) is 322 Å². The third-order valence-electron chi connectivity index (χ3n) is 14.6. The topological polar surface area (TPSA) is 78.9 Å². The van der Waals surface area contributed by atoms with E-state index in [1.165, 1.54) is 154 Å². The number of esters is 3. The summed E-state index contributed by atoms with van der Waals surface area (Å²) in [6.45, 7) is 6.36. The van der Waals surface area contributed by atoms with Gasteiger partial charge in [-0.1, -0.05) is 302 Å². The third-order valence-corrected chi connectivity index (χ3v) is 14.6.